The molecule has 1 fully saturated rings. The molecule has 2 rings (SSSR count). The summed E-state index contributed by atoms with van der Waals surface area (Å²) in [5, 5.41) is 0. The molecule has 0 aromatic carbocycles. The van der Waals surface area contributed by atoms with Gasteiger partial charge in [0, 0.05) is 43.0 Å². The van der Waals surface area contributed by atoms with E-state index in [0.717, 1.165) is 42.2 Å². The van der Waals surface area contributed by atoms with Gasteiger partial charge in [-0.3, -0.25) is 9.88 Å². The number of ether oxygens (including phenoxy) is 1. The Balaban J connectivity index is 2.15. The first-order valence-electron chi connectivity index (χ1n) is 5.58. The second-order valence-corrected chi connectivity index (χ2v) is 4.50. The van der Waals surface area contributed by atoms with Crippen molar-refractivity contribution in [1.82, 2.24) is 9.88 Å². The summed E-state index contributed by atoms with van der Waals surface area (Å²) in [6.07, 6.45) is 1.88. The number of methoxy groups -OCH3 is 1. The zero-order chi connectivity index (χ0) is 11.7. The minimum absolute atomic E-state index is 0.340. The van der Waals surface area contributed by atoms with Crippen LogP contribution in [0.1, 0.15) is 16.8 Å². The summed E-state index contributed by atoms with van der Waals surface area (Å²) in [5.74, 6) is 0.954. The smallest absolute Gasteiger partial charge is 0.128 e. The number of hydrogen-bond acceptors (Lipinski definition) is 4. The van der Waals surface area contributed by atoms with E-state index in [1.807, 2.05) is 13.1 Å². The van der Waals surface area contributed by atoms with Crippen LogP contribution in [0, 0.1) is 13.8 Å². The number of likely N-dealkylation sites (tertiary alicyclic amines) is 1. The maximum Gasteiger partial charge on any atom is 0.128 e. The van der Waals surface area contributed by atoms with Crippen LogP contribution in [0.3, 0.4) is 0 Å². The van der Waals surface area contributed by atoms with E-state index in [9.17, 15) is 0 Å². The molecule has 2 heterocycles. The molecule has 4 heteroatoms. The molecule has 1 aliphatic heterocycles. The van der Waals surface area contributed by atoms with E-state index < -0.39 is 0 Å². The minimum atomic E-state index is 0.340. The van der Waals surface area contributed by atoms with Crippen LogP contribution < -0.4 is 10.5 Å². The SMILES string of the molecule is COc1c(C)cnc(CN2CC(N)C2)c1C. The van der Waals surface area contributed by atoms with Crippen molar-refractivity contribution in [3.8, 4) is 5.75 Å². The Hall–Kier alpha value is -1.13. The second-order valence-electron chi connectivity index (χ2n) is 4.50. The fourth-order valence-electron chi connectivity index (χ4n) is 2.18. The Morgan fingerprint density at radius 1 is 1.50 bits per heavy atom. The van der Waals surface area contributed by atoms with Crippen molar-refractivity contribution in [2.75, 3.05) is 20.2 Å². The number of aryl methyl sites for hydroxylation is 1. The first kappa shape index (κ1) is 11.4. The topological polar surface area (TPSA) is 51.4 Å². The van der Waals surface area contributed by atoms with Gasteiger partial charge in [-0.1, -0.05) is 0 Å². The van der Waals surface area contributed by atoms with Crippen molar-refractivity contribution in [1.29, 1.82) is 0 Å². The molecule has 1 aromatic heterocycles. The summed E-state index contributed by atoms with van der Waals surface area (Å²) in [6, 6.07) is 0.340. The fraction of sp³-hybridized carbons (Fsp3) is 0.583. The fourth-order valence-corrected chi connectivity index (χ4v) is 2.18. The average molecular weight is 221 g/mol. The highest BCUT2D eigenvalue weighted by Gasteiger charge is 2.24. The molecule has 0 radical (unpaired) electrons. The van der Waals surface area contributed by atoms with Crippen LogP contribution >= 0.6 is 0 Å². The van der Waals surface area contributed by atoms with Crippen LogP contribution in [0.15, 0.2) is 6.20 Å². The van der Waals surface area contributed by atoms with E-state index in [-0.39, 0.29) is 0 Å². The Kier molecular flexibility index (Phi) is 3.12. The summed E-state index contributed by atoms with van der Waals surface area (Å²) < 4.78 is 5.39. The van der Waals surface area contributed by atoms with Gasteiger partial charge in [0.15, 0.2) is 0 Å². The van der Waals surface area contributed by atoms with Gasteiger partial charge in [-0.2, -0.15) is 0 Å². The van der Waals surface area contributed by atoms with Gasteiger partial charge in [0.25, 0.3) is 0 Å². The Morgan fingerprint density at radius 3 is 2.75 bits per heavy atom. The minimum Gasteiger partial charge on any atom is -0.496 e. The van der Waals surface area contributed by atoms with Crippen molar-refractivity contribution >= 4 is 0 Å². The van der Waals surface area contributed by atoms with Gasteiger partial charge < -0.3 is 10.5 Å². The summed E-state index contributed by atoms with van der Waals surface area (Å²) in [6.45, 7) is 6.89. The largest absolute Gasteiger partial charge is 0.496 e. The van der Waals surface area contributed by atoms with Gasteiger partial charge in [0.05, 0.1) is 12.8 Å². The van der Waals surface area contributed by atoms with Crippen molar-refractivity contribution in [3.63, 3.8) is 0 Å². The number of nitrogens with zero attached hydrogens (tertiary/aromatic N) is 2. The third kappa shape index (κ3) is 2.03. The summed E-state index contributed by atoms with van der Waals surface area (Å²) in [5.41, 5.74) is 9.07. The van der Waals surface area contributed by atoms with Crippen molar-refractivity contribution in [2.45, 2.75) is 26.4 Å². The van der Waals surface area contributed by atoms with Crippen molar-refractivity contribution in [2.24, 2.45) is 5.73 Å². The molecular formula is C12H19N3O. The number of aromatic nitrogens is 1. The van der Waals surface area contributed by atoms with E-state index in [2.05, 4.69) is 16.8 Å². The zero-order valence-electron chi connectivity index (χ0n) is 10.2. The standard InChI is InChI=1S/C12H19N3O/c1-8-4-14-11(9(2)12(8)16-3)7-15-5-10(13)6-15/h4,10H,5-7,13H2,1-3H3. The molecule has 0 unspecified atom stereocenters. The van der Waals surface area contributed by atoms with Crippen LogP contribution in [-0.2, 0) is 6.54 Å². The van der Waals surface area contributed by atoms with E-state index in [1.165, 1.54) is 0 Å². The van der Waals surface area contributed by atoms with E-state index in [1.54, 1.807) is 7.11 Å². The number of hydrogen-bond donors (Lipinski definition) is 1. The second kappa shape index (κ2) is 4.39. The highest BCUT2D eigenvalue weighted by Crippen LogP contribution is 2.25. The molecule has 0 bridgehead atoms. The summed E-state index contributed by atoms with van der Waals surface area (Å²) >= 11 is 0. The Bertz CT molecular complexity index is 386. The maximum atomic E-state index is 5.75. The molecule has 1 aromatic rings. The molecule has 4 nitrogen and oxygen atoms in total. The lowest BCUT2D eigenvalue weighted by molar-refractivity contribution is 0.140. The van der Waals surface area contributed by atoms with Gasteiger partial charge in [-0.25, -0.2) is 0 Å². The maximum absolute atomic E-state index is 5.75. The zero-order valence-corrected chi connectivity index (χ0v) is 10.2. The molecule has 0 atom stereocenters. The molecule has 1 aliphatic rings. The third-order valence-corrected chi connectivity index (χ3v) is 3.11. The molecule has 0 saturated carbocycles. The number of pyridine rings is 1. The lowest BCUT2D eigenvalue weighted by atomic mass is 10.1. The Labute approximate surface area is 96.4 Å². The van der Waals surface area contributed by atoms with E-state index >= 15 is 0 Å². The third-order valence-electron chi connectivity index (χ3n) is 3.11. The van der Waals surface area contributed by atoms with Gasteiger partial charge in [0.2, 0.25) is 0 Å². The highest BCUT2D eigenvalue weighted by molar-refractivity contribution is 5.41. The predicted octanol–water partition coefficient (Wildman–Crippen LogP) is 0.850. The molecular weight excluding hydrogens is 202 g/mol. The van der Waals surface area contributed by atoms with E-state index in [0.29, 0.717) is 6.04 Å². The van der Waals surface area contributed by atoms with Gasteiger partial charge in [-0.05, 0) is 13.8 Å². The number of rotatable bonds is 3. The predicted molar refractivity (Wildman–Crippen MR) is 63.5 cm³/mol. The molecule has 0 spiro atoms. The molecule has 0 amide bonds. The van der Waals surface area contributed by atoms with Crippen LogP contribution in [0.2, 0.25) is 0 Å². The Morgan fingerprint density at radius 2 is 2.19 bits per heavy atom. The average Bonchev–Trinajstić information content (AvgIpc) is 2.20. The summed E-state index contributed by atoms with van der Waals surface area (Å²) in [4.78, 5) is 6.77. The quantitative estimate of drug-likeness (QED) is 0.822. The van der Waals surface area contributed by atoms with Gasteiger partial charge in [-0.15, -0.1) is 0 Å². The summed E-state index contributed by atoms with van der Waals surface area (Å²) in [7, 11) is 1.71. The van der Waals surface area contributed by atoms with E-state index in [4.69, 9.17) is 10.5 Å². The first-order valence-corrected chi connectivity index (χ1v) is 5.58. The van der Waals surface area contributed by atoms with Crippen LogP contribution in [-0.4, -0.2) is 36.1 Å². The van der Waals surface area contributed by atoms with Crippen LogP contribution in [0.4, 0.5) is 0 Å². The monoisotopic (exact) mass is 221 g/mol. The number of nitrogens with two attached hydrogens (primary N) is 1. The normalized spacial score (nSPS) is 17.2. The lowest BCUT2D eigenvalue weighted by Crippen LogP contribution is -2.55. The molecule has 16 heavy (non-hydrogen) atoms. The van der Waals surface area contributed by atoms with Crippen molar-refractivity contribution in [3.05, 3.63) is 23.0 Å². The molecule has 88 valence electrons. The van der Waals surface area contributed by atoms with Gasteiger partial charge >= 0.3 is 0 Å². The molecule has 2 N–H and O–H groups in total. The van der Waals surface area contributed by atoms with Crippen LogP contribution in [0.25, 0.3) is 0 Å². The van der Waals surface area contributed by atoms with Crippen LogP contribution in [0.5, 0.6) is 5.75 Å². The first-order chi connectivity index (χ1) is 7.61. The lowest BCUT2D eigenvalue weighted by Gasteiger charge is -2.36. The van der Waals surface area contributed by atoms with Gasteiger partial charge in [0.1, 0.15) is 5.75 Å². The van der Waals surface area contributed by atoms with Crippen molar-refractivity contribution < 1.29 is 4.74 Å². The molecule has 0 aliphatic carbocycles. The highest BCUT2D eigenvalue weighted by atomic mass is 16.5. The molecule has 1 saturated heterocycles.